The van der Waals surface area contributed by atoms with Gasteiger partial charge < -0.3 is 100 Å². The van der Waals surface area contributed by atoms with E-state index in [0.717, 1.165) is 6.92 Å². The van der Waals surface area contributed by atoms with E-state index >= 15 is 0 Å². The summed E-state index contributed by atoms with van der Waals surface area (Å²) in [6.07, 6.45) is -30.8. The van der Waals surface area contributed by atoms with E-state index in [2.05, 4.69) is 5.32 Å². The number of aliphatic hydroxyl groups excluding tert-OH is 11. The van der Waals surface area contributed by atoms with Gasteiger partial charge in [-0.3, -0.25) is 4.79 Å². The number of hydrogen-bond donors (Lipinski definition) is 15. The first-order chi connectivity index (χ1) is 22.7. The van der Waals surface area contributed by atoms with Gasteiger partial charge >= 0.3 is 11.9 Å². The minimum Gasteiger partial charge on any atom is -0.477 e. The molecule has 3 aliphatic rings. The number of rotatable bonds is 14. The Morgan fingerprint density at radius 2 is 1.45 bits per heavy atom. The molecule has 284 valence electrons. The van der Waals surface area contributed by atoms with Gasteiger partial charge in [0, 0.05) is 19.8 Å². The highest BCUT2D eigenvalue weighted by molar-refractivity contribution is 5.77. The molecule has 15 N–H and O–H groups in total. The number of hydrogen-bond acceptors (Lipinski definition) is 20. The van der Waals surface area contributed by atoms with E-state index in [9.17, 15) is 85.9 Å². The molecule has 0 saturated carbocycles. The fourth-order valence-electron chi connectivity index (χ4n) is 5.69. The van der Waals surface area contributed by atoms with E-state index in [-0.39, 0.29) is 0 Å². The Balaban J connectivity index is 1.83. The topological polar surface area (TPSA) is 393 Å². The zero-order chi connectivity index (χ0) is 37.2. The Bertz CT molecular complexity index is 1150. The second-order valence-corrected chi connectivity index (χ2v) is 12.0. The Hall–Kier alpha value is -2.27. The van der Waals surface area contributed by atoms with Crippen LogP contribution in [0.25, 0.3) is 0 Å². The molecule has 0 spiro atoms. The van der Waals surface area contributed by atoms with E-state index in [1.165, 1.54) is 0 Å². The van der Waals surface area contributed by atoms with E-state index in [4.69, 9.17) is 23.7 Å². The summed E-state index contributed by atoms with van der Waals surface area (Å²) in [5.74, 6) is -10.9. The van der Waals surface area contributed by atoms with Crippen LogP contribution in [0.4, 0.5) is 0 Å². The third-order valence-corrected chi connectivity index (χ3v) is 8.38. The predicted octanol–water partition coefficient (Wildman–Crippen LogP) is -9.02. The molecule has 23 heteroatoms. The summed E-state index contributed by atoms with van der Waals surface area (Å²) in [6, 6.07) is -1.58. The minimum absolute atomic E-state index is 0.779. The van der Waals surface area contributed by atoms with Crippen molar-refractivity contribution in [3.63, 3.8) is 0 Å². The standard InChI is InChI=1S/C26H43NO22/c1-7(30)27-13-8(31)3-26(24(42)43,48-19(13)15(36)10(33)4-28)49-21-17(38)12(5-29)46-22(18(21)39)45-6-11(34)16(37)20-14(35)9(32)2-25(44,47-20)23(40)41/h8-22,28-29,31-39,44H,2-6H2,1H3,(H,27,30)(H,40,41)(H,42,43)/t8-,9-,10+,11+,12+,13+,14+,15+,16+,17-,18+,19+,20+,21-,22+,25?,26-/m0/s1. The summed E-state index contributed by atoms with van der Waals surface area (Å²) in [4.78, 5) is 35.7. The first-order valence-electron chi connectivity index (χ1n) is 14.8. The van der Waals surface area contributed by atoms with Gasteiger partial charge in [0.25, 0.3) is 11.6 Å². The molecule has 1 amide bonds. The predicted molar refractivity (Wildman–Crippen MR) is 147 cm³/mol. The van der Waals surface area contributed by atoms with Crippen molar-refractivity contribution >= 4 is 17.8 Å². The van der Waals surface area contributed by atoms with Gasteiger partial charge in [-0.05, 0) is 0 Å². The fraction of sp³-hybridized carbons (Fsp3) is 0.885. The van der Waals surface area contributed by atoms with E-state index in [1.807, 2.05) is 0 Å². The monoisotopic (exact) mass is 721 g/mol. The molecule has 0 radical (unpaired) electrons. The molecule has 0 aromatic carbocycles. The molecule has 3 saturated heterocycles. The summed E-state index contributed by atoms with van der Waals surface area (Å²) < 4.78 is 26.4. The van der Waals surface area contributed by atoms with Gasteiger partial charge in [0.2, 0.25) is 5.91 Å². The molecule has 3 fully saturated rings. The summed E-state index contributed by atoms with van der Waals surface area (Å²) in [5, 5.41) is 145. The first kappa shape index (κ1) is 41.2. The smallest absolute Gasteiger partial charge is 0.364 e. The van der Waals surface area contributed by atoms with Crippen molar-refractivity contribution in [3.05, 3.63) is 0 Å². The van der Waals surface area contributed by atoms with E-state index < -0.39 is 154 Å². The second kappa shape index (κ2) is 16.4. The summed E-state index contributed by atoms with van der Waals surface area (Å²) >= 11 is 0. The van der Waals surface area contributed by atoms with Crippen LogP contribution in [0.3, 0.4) is 0 Å². The second-order valence-electron chi connectivity index (χ2n) is 12.0. The minimum atomic E-state index is -3.07. The van der Waals surface area contributed by atoms with Crippen molar-refractivity contribution in [1.82, 2.24) is 5.32 Å². The van der Waals surface area contributed by atoms with Crippen LogP contribution < -0.4 is 5.32 Å². The third-order valence-electron chi connectivity index (χ3n) is 8.38. The molecule has 3 aliphatic heterocycles. The number of carbonyl (C=O) groups excluding carboxylic acids is 1. The van der Waals surface area contributed by atoms with Crippen LogP contribution in [-0.4, -0.2) is 212 Å². The first-order valence-corrected chi connectivity index (χ1v) is 14.8. The lowest BCUT2D eigenvalue weighted by molar-refractivity contribution is -0.371. The van der Waals surface area contributed by atoms with Crippen LogP contribution in [-0.2, 0) is 38.1 Å². The number of carboxylic acids is 2. The molecule has 3 heterocycles. The van der Waals surface area contributed by atoms with Gasteiger partial charge in [-0.15, -0.1) is 0 Å². The molecule has 1 unspecified atom stereocenters. The van der Waals surface area contributed by atoms with Crippen molar-refractivity contribution in [2.24, 2.45) is 0 Å². The van der Waals surface area contributed by atoms with Crippen LogP contribution in [0.15, 0.2) is 0 Å². The van der Waals surface area contributed by atoms with Crippen LogP contribution in [0.1, 0.15) is 19.8 Å². The van der Waals surface area contributed by atoms with Crippen molar-refractivity contribution in [3.8, 4) is 0 Å². The van der Waals surface area contributed by atoms with Gasteiger partial charge in [0.15, 0.2) is 6.29 Å². The third kappa shape index (κ3) is 8.79. The van der Waals surface area contributed by atoms with Crippen LogP contribution >= 0.6 is 0 Å². The van der Waals surface area contributed by atoms with Gasteiger partial charge in [-0.1, -0.05) is 0 Å². The lowest BCUT2D eigenvalue weighted by Crippen LogP contribution is -2.70. The molecule has 0 aromatic rings. The largest absolute Gasteiger partial charge is 0.477 e. The molecule has 0 aliphatic carbocycles. The fourth-order valence-corrected chi connectivity index (χ4v) is 5.69. The highest BCUT2D eigenvalue weighted by Gasteiger charge is 2.60. The van der Waals surface area contributed by atoms with Gasteiger partial charge in [-0.25, -0.2) is 9.59 Å². The zero-order valence-electron chi connectivity index (χ0n) is 25.7. The van der Waals surface area contributed by atoms with Gasteiger partial charge in [0.05, 0.1) is 38.1 Å². The van der Waals surface area contributed by atoms with E-state index in [1.54, 1.807) is 0 Å². The molecule has 17 atom stereocenters. The Labute approximate surface area is 276 Å². The van der Waals surface area contributed by atoms with Gasteiger partial charge in [-0.2, -0.15) is 0 Å². The summed E-state index contributed by atoms with van der Waals surface area (Å²) in [6.45, 7) is -2.15. The molecule has 3 rings (SSSR count). The van der Waals surface area contributed by atoms with Crippen molar-refractivity contribution in [1.29, 1.82) is 0 Å². The lowest BCUT2D eigenvalue weighted by atomic mass is 9.88. The van der Waals surface area contributed by atoms with E-state index in [0.29, 0.717) is 0 Å². The van der Waals surface area contributed by atoms with Crippen LogP contribution in [0.2, 0.25) is 0 Å². The molecule has 0 bridgehead atoms. The maximum atomic E-state index is 12.6. The zero-order valence-corrected chi connectivity index (χ0v) is 25.7. The van der Waals surface area contributed by atoms with Crippen molar-refractivity contribution in [2.45, 2.75) is 123 Å². The quantitative estimate of drug-likeness (QED) is 0.0791. The normalized spacial score (nSPS) is 42.4. The Morgan fingerprint density at radius 3 is 1.98 bits per heavy atom. The maximum absolute atomic E-state index is 12.6. The number of carboxylic acid groups (broad SMARTS) is 2. The number of aliphatic hydroxyl groups is 12. The maximum Gasteiger partial charge on any atom is 0.364 e. The average molecular weight is 722 g/mol. The molecule has 49 heavy (non-hydrogen) atoms. The molecule has 0 aromatic heterocycles. The Morgan fingerprint density at radius 1 is 0.837 bits per heavy atom. The highest BCUT2D eigenvalue weighted by atomic mass is 16.8. The lowest BCUT2D eigenvalue weighted by Gasteiger charge is -2.50. The number of nitrogens with one attached hydrogen (secondary N) is 1. The van der Waals surface area contributed by atoms with Crippen molar-refractivity contribution in [2.75, 3.05) is 19.8 Å². The number of ether oxygens (including phenoxy) is 5. The summed E-state index contributed by atoms with van der Waals surface area (Å²) in [7, 11) is 0. The highest BCUT2D eigenvalue weighted by Crippen LogP contribution is 2.38. The molecule has 23 nitrogen and oxygen atoms in total. The van der Waals surface area contributed by atoms with Crippen molar-refractivity contribution < 1.29 is 110 Å². The van der Waals surface area contributed by atoms with Crippen LogP contribution in [0.5, 0.6) is 0 Å². The summed E-state index contributed by atoms with van der Waals surface area (Å²) in [5.41, 5.74) is 0. The molecular formula is C26H43NO22. The van der Waals surface area contributed by atoms with Gasteiger partial charge in [0.1, 0.15) is 67.1 Å². The SMILES string of the molecule is CC(=O)N[C@H]1[C@H]([C@H](O)[C@H](O)CO)O[C@@](O[C@H]2[C@@H](O)[C@@H](CO)O[C@@H](OC[C@@H](O)[C@@H](O)[C@@H]3OC(O)(C(=O)O)C[C@H](O)[C@H]3O)[C@@H]2O)(C(=O)O)C[C@@H]1O. The molecular weight excluding hydrogens is 678 g/mol. The number of carbonyl (C=O) groups is 3. The average Bonchev–Trinajstić information content (AvgIpc) is 3.03. The van der Waals surface area contributed by atoms with Crippen LogP contribution in [0, 0.1) is 0 Å². The Kier molecular flexibility index (Phi) is 13.8. The number of aliphatic carboxylic acids is 2. The number of amides is 1.